The van der Waals surface area contributed by atoms with Gasteiger partial charge < -0.3 is 20.9 Å². The molecule has 0 aromatic rings. The molecule has 0 bridgehead atoms. The summed E-state index contributed by atoms with van der Waals surface area (Å²) in [5.74, 6) is -0.189. The average molecular weight is 216 g/mol. The quantitative estimate of drug-likeness (QED) is 0.573. The van der Waals surface area contributed by atoms with Crippen molar-refractivity contribution in [2.24, 2.45) is 11.7 Å². The van der Waals surface area contributed by atoms with Crippen molar-refractivity contribution >= 4 is 5.97 Å². The second-order valence-electron chi connectivity index (χ2n) is 4.07. The number of ether oxygens (including phenoxy) is 1. The number of nitrogens with one attached hydrogen (secondary N) is 1. The molecule has 4 N–H and O–H groups in total. The Labute approximate surface area is 90.0 Å². The fourth-order valence-corrected chi connectivity index (χ4v) is 1.72. The summed E-state index contributed by atoms with van der Waals surface area (Å²) in [6.07, 6.45) is 2.20. The Morgan fingerprint density at radius 2 is 2.20 bits per heavy atom. The summed E-state index contributed by atoms with van der Waals surface area (Å²) in [6.45, 7) is 3.17. The van der Waals surface area contributed by atoms with Gasteiger partial charge in [0.25, 0.3) is 0 Å². The molecule has 1 saturated heterocycles. The van der Waals surface area contributed by atoms with E-state index in [1.807, 2.05) is 0 Å². The van der Waals surface area contributed by atoms with Gasteiger partial charge in [0.05, 0.1) is 6.42 Å². The van der Waals surface area contributed by atoms with Gasteiger partial charge in [0.15, 0.2) is 0 Å². The number of carboxylic acids is 1. The zero-order valence-electron chi connectivity index (χ0n) is 8.95. The van der Waals surface area contributed by atoms with Crippen LogP contribution in [-0.4, -0.2) is 43.4 Å². The third-order valence-corrected chi connectivity index (χ3v) is 2.62. The molecule has 0 spiro atoms. The molecular weight excluding hydrogens is 196 g/mol. The molecule has 0 aromatic carbocycles. The summed E-state index contributed by atoms with van der Waals surface area (Å²) in [5.41, 5.74) is 5.62. The first-order valence-corrected chi connectivity index (χ1v) is 5.44. The van der Waals surface area contributed by atoms with Gasteiger partial charge in [-0.1, -0.05) is 0 Å². The molecule has 0 aliphatic carbocycles. The van der Waals surface area contributed by atoms with E-state index < -0.39 is 5.97 Å². The molecule has 88 valence electrons. The molecule has 0 radical (unpaired) electrons. The SMILES string of the molecule is NC(CNCC1CCOCC1)CC(=O)O. The van der Waals surface area contributed by atoms with E-state index in [0.29, 0.717) is 12.5 Å². The third kappa shape index (κ3) is 5.71. The van der Waals surface area contributed by atoms with Crippen LogP contribution in [0.4, 0.5) is 0 Å². The number of carbonyl (C=O) groups is 1. The number of hydrogen-bond donors (Lipinski definition) is 3. The fraction of sp³-hybridized carbons (Fsp3) is 0.900. The van der Waals surface area contributed by atoms with Crippen molar-refractivity contribution < 1.29 is 14.6 Å². The van der Waals surface area contributed by atoms with Crippen LogP contribution < -0.4 is 11.1 Å². The highest BCUT2D eigenvalue weighted by atomic mass is 16.5. The topological polar surface area (TPSA) is 84.6 Å². The van der Waals surface area contributed by atoms with Crippen molar-refractivity contribution in [2.45, 2.75) is 25.3 Å². The summed E-state index contributed by atoms with van der Waals surface area (Å²) in [7, 11) is 0. The van der Waals surface area contributed by atoms with Crippen molar-refractivity contribution in [3.63, 3.8) is 0 Å². The van der Waals surface area contributed by atoms with Crippen LogP contribution in [0.25, 0.3) is 0 Å². The molecule has 1 aliphatic heterocycles. The van der Waals surface area contributed by atoms with Crippen LogP contribution in [0.15, 0.2) is 0 Å². The van der Waals surface area contributed by atoms with Crippen molar-refractivity contribution in [2.75, 3.05) is 26.3 Å². The number of nitrogens with two attached hydrogens (primary N) is 1. The number of rotatable bonds is 6. The number of hydrogen-bond acceptors (Lipinski definition) is 4. The van der Waals surface area contributed by atoms with Crippen LogP contribution in [0.3, 0.4) is 0 Å². The largest absolute Gasteiger partial charge is 0.481 e. The van der Waals surface area contributed by atoms with Gasteiger partial charge in [-0.25, -0.2) is 0 Å². The summed E-state index contributed by atoms with van der Waals surface area (Å²) >= 11 is 0. The van der Waals surface area contributed by atoms with E-state index in [0.717, 1.165) is 32.6 Å². The van der Waals surface area contributed by atoms with Crippen LogP contribution in [-0.2, 0) is 9.53 Å². The second-order valence-corrected chi connectivity index (χ2v) is 4.07. The first kappa shape index (κ1) is 12.4. The molecule has 5 nitrogen and oxygen atoms in total. The molecule has 0 saturated carbocycles. The highest BCUT2D eigenvalue weighted by molar-refractivity contribution is 5.67. The van der Waals surface area contributed by atoms with Crippen molar-refractivity contribution in [3.8, 4) is 0 Å². The molecule has 5 heteroatoms. The van der Waals surface area contributed by atoms with Crippen LogP contribution >= 0.6 is 0 Å². The van der Waals surface area contributed by atoms with E-state index in [9.17, 15) is 4.79 Å². The van der Waals surface area contributed by atoms with Crippen LogP contribution in [0.5, 0.6) is 0 Å². The Balaban J connectivity index is 2.02. The first-order valence-electron chi connectivity index (χ1n) is 5.44. The molecule has 1 unspecified atom stereocenters. The lowest BCUT2D eigenvalue weighted by atomic mass is 10.0. The van der Waals surface area contributed by atoms with E-state index >= 15 is 0 Å². The van der Waals surface area contributed by atoms with Gasteiger partial charge in [-0.2, -0.15) is 0 Å². The lowest BCUT2D eigenvalue weighted by Gasteiger charge is -2.22. The second kappa shape index (κ2) is 6.76. The Bertz CT molecular complexity index is 193. The van der Waals surface area contributed by atoms with Crippen molar-refractivity contribution in [3.05, 3.63) is 0 Å². The Hall–Kier alpha value is -0.650. The highest BCUT2D eigenvalue weighted by Crippen LogP contribution is 2.12. The van der Waals surface area contributed by atoms with E-state index in [1.54, 1.807) is 0 Å². The minimum absolute atomic E-state index is 0.0285. The van der Waals surface area contributed by atoms with Crippen LogP contribution in [0, 0.1) is 5.92 Å². The summed E-state index contributed by atoms with van der Waals surface area (Å²) < 4.78 is 5.25. The Kier molecular flexibility index (Phi) is 5.60. The van der Waals surface area contributed by atoms with Crippen LogP contribution in [0.1, 0.15) is 19.3 Å². The maximum atomic E-state index is 10.4. The van der Waals surface area contributed by atoms with Gasteiger partial charge >= 0.3 is 5.97 Å². The zero-order valence-corrected chi connectivity index (χ0v) is 8.95. The normalized spacial score (nSPS) is 20.1. The molecule has 1 heterocycles. The lowest BCUT2D eigenvalue weighted by Crippen LogP contribution is -2.38. The summed E-state index contributed by atoms with van der Waals surface area (Å²) in [6, 6.07) is -0.289. The molecule has 1 fully saturated rings. The predicted octanol–water partition coefficient (Wildman–Crippen LogP) is -0.195. The highest BCUT2D eigenvalue weighted by Gasteiger charge is 2.14. The molecule has 1 rings (SSSR count). The number of aliphatic carboxylic acids is 1. The third-order valence-electron chi connectivity index (χ3n) is 2.62. The minimum Gasteiger partial charge on any atom is -0.481 e. The molecule has 1 aliphatic rings. The Morgan fingerprint density at radius 3 is 2.80 bits per heavy atom. The number of carboxylic acid groups (broad SMARTS) is 1. The minimum atomic E-state index is -0.838. The van der Waals surface area contributed by atoms with E-state index in [1.165, 1.54) is 0 Å². The first-order chi connectivity index (χ1) is 7.18. The molecular formula is C10H20N2O3. The lowest BCUT2D eigenvalue weighted by molar-refractivity contribution is -0.137. The van der Waals surface area contributed by atoms with Crippen molar-refractivity contribution in [1.82, 2.24) is 5.32 Å². The van der Waals surface area contributed by atoms with Crippen molar-refractivity contribution in [1.29, 1.82) is 0 Å². The molecule has 15 heavy (non-hydrogen) atoms. The summed E-state index contributed by atoms with van der Waals surface area (Å²) in [4.78, 5) is 10.4. The van der Waals surface area contributed by atoms with Gasteiger partial charge in [0, 0.05) is 25.8 Å². The van der Waals surface area contributed by atoms with E-state index in [-0.39, 0.29) is 12.5 Å². The monoisotopic (exact) mass is 216 g/mol. The molecule has 0 aromatic heterocycles. The Morgan fingerprint density at radius 1 is 1.53 bits per heavy atom. The van der Waals surface area contributed by atoms with Gasteiger partial charge in [-0.05, 0) is 25.3 Å². The zero-order chi connectivity index (χ0) is 11.1. The standard InChI is InChI=1S/C10H20N2O3/c11-9(5-10(13)14)7-12-6-8-1-3-15-4-2-8/h8-9,12H,1-7,11H2,(H,13,14). The molecule has 1 atom stereocenters. The van der Waals surface area contributed by atoms with E-state index in [2.05, 4.69) is 5.32 Å². The molecule has 0 amide bonds. The van der Waals surface area contributed by atoms with E-state index in [4.69, 9.17) is 15.6 Å². The van der Waals surface area contributed by atoms with Gasteiger partial charge in [0.1, 0.15) is 0 Å². The average Bonchev–Trinajstić information content (AvgIpc) is 2.18. The smallest absolute Gasteiger partial charge is 0.304 e. The predicted molar refractivity (Wildman–Crippen MR) is 56.6 cm³/mol. The maximum absolute atomic E-state index is 10.4. The van der Waals surface area contributed by atoms with Crippen LogP contribution in [0.2, 0.25) is 0 Å². The van der Waals surface area contributed by atoms with Gasteiger partial charge in [-0.3, -0.25) is 4.79 Å². The summed E-state index contributed by atoms with van der Waals surface area (Å²) in [5, 5.41) is 11.7. The van der Waals surface area contributed by atoms with Gasteiger partial charge in [0.2, 0.25) is 0 Å². The van der Waals surface area contributed by atoms with Gasteiger partial charge in [-0.15, -0.1) is 0 Å². The fourth-order valence-electron chi connectivity index (χ4n) is 1.72. The maximum Gasteiger partial charge on any atom is 0.304 e.